The molecule has 11 heteroatoms. The minimum Gasteiger partial charge on any atom is -0.493 e. The van der Waals surface area contributed by atoms with E-state index in [9.17, 15) is 13.2 Å². The summed E-state index contributed by atoms with van der Waals surface area (Å²) < 4.78 is 39.3. The van der Waals surface area contributed by atoms with Crippen molar-refractivity contribution in [1.29, 1.82) is 0 Å². The first-order valence-corrected chi connectivity index (χ1v) is 13.5. The Morgan fingerprint density at radius 3 is 2.50 bits per heavy atom. The fraction of sp³-hybridized carbons (Fsp3) is 0.200. The molecule has 0 heterocycles. The molecule has 0 unspecified atom stereocenters. The first-order chi connectivity index (χ1) is 17.2. The topological polar surface area (TPSA) is 97.3 Å². The summed E-state index contributed by atoms with van der Waals surface area (Å²) >= 11 is 9.56. The molecule has 0 aliphatic carbocycles. The van der Waals surface area contributed by atoms with Gasteiger partial charge in [0.1, 0.15) is 0 Å². The third kappa shape index (κ3) is 7.30. The third-order valence-corrected chi connectivity index (χ3v) is 7.67. The molecule has 190 valence electrons. The number of nitrogens with one attached hydrogen (secondary N) is 1. The van der Waals surface area contributed by atoms with Crippen LogP contribution in [0.3, 0.4) is 0 Å². The molecule has 3 rings (SSSR count). The van der Waals surface area contributed by atoms with Gasteiger partial charge in [-0.3, -0.25) is 4.79 Å². The largest absolute Gasteiger partial charge is 0.493 e. The number of sulfonamides is 1. The molecule has 0 saturated carbocycles. The number of carbonyl (C=O) groups excluding carboxylic acids is 1. The summed E-state index contributed by atoms with van der Waals surface area (Å²) in [7, 11) is -2.49. The number of hydrogen-bond donors (Lipinski definition) is 1. The highest BCUT2D eigenvalue weighted by Crippen LogP contribution is 2.27. The van der Waals surface area contributed by atoms with Gasteiger partial charge in [-0.05, 0) is 66.6 Å². The summed E-state index contributed by atoms with van der Waals surface area (Å²) in [6.45, 7) is 1.81. The molecule has 0 radical (unpaired) electrons. The molecule has 0 aromatic heterocycles. The van der Waals surface area contributed by atoms with Crippen LogP contribution in [0.5, 0.6) is 11.5 Å². The van der Waals surface area contributed by atoms with E-state index in [1.54, 1.807) is 54.6 Å². The standard InChI is InChI=1S/C25H25BrClN3O5S/c1-3-35-23-13-8-18(14-24(23)34-2)15-28-29-25(31)17-30(16-19-6-4-5-7-22(19)27)36(32,33)21-11-9-20(26)10-12-21/h4-15H,3,16-17H2,1-2H3,(H,29,31)/b28-15+. The van der Waals surface area contributed by atoms with E-state index in [2.05, 4.69) is 26.5 Å². The van der Waals surface area contributed by atoms with Gasteiger partial charge >= 0.3 is 0 Å². The van der Waals surface area contributed by atoms with E-state index >= 15 is 0 Å². The Balaban J connectivity index is 1.78. The number of ether oxygens (including phenoxy) is 2. The van der Waals surface area contributed by atoms with E-state index < -0.39 is 22.5 Å². The maximum absolute atomic E-state index is 13.4. The Morgan fingerprint density at radius 1 is 1.11 bits per heavy atom. The second-order valence-corrected chi connectivity index (χ2v) is 10.7. The van der Waals surface area contributed by atoms with Gasteiger partial charge in [0.2, 0.25) is 10.0 Å². The summed E-state index contributed by atoms with van der Waals surface area (Å²) in [5, 5.41) is 4.36. The Labute approximate surface area is 224 Å². The van der Waals surface area contributed by atoms with Crippen molar-refractivity contribution in [1.82, 2.24) is 9.73 Å². The van der Waals surface area contributed by atoms with E-state index in [4.69, 9.17) is 21.1 Å². The molecular formula is C25H25BrClN3O5S. The second-order valence-electron chi connectivity index (χ2n) is 7.45. The van der Waals surface area contributed by atoms with Crippen molar-refractivity contribution < 1.29 is 22.7 Å². The number of methoxy groups -OCH3 is 1. The molecule has 3 aromatic rings. The van der Waals surface area contributed by atoms with Crippen LogP contribution >= 0.6 is 27.5 Å². The van der Waals surface area contributed by atoms with Crippen molar-refractivity contribution in [3.8, 4) is 11.5 Å². The molecule has 0 spiro atoms. The van der Waals surface area contributed by atoms with Gasteiger partial charge < -0.3 is 9.47 Å². The van der Waals surface area contributed by atoms with Crippen molar-refractivity contribution in [2.24, 2.45) is 5.10 Å². The van der Waals surface area contributed by atoms with Gasteiger partial charge in [0.05, 0.1) is 31.4 Å². The van der Waals surface area contributed by atoms with Crippen molar-refractivity contribution in [3.63, 3.8) is 0 Å². The van der Waals surface area contributed by atoms with Crippen LogP contribution in [0, 0.1) is 0 Å². The predicted molar refractivity (Wildman–Crippen MR) is 143 cm³/mol. The molecule has 0 aliphatic heterocycles. The van der Waals surface area contributed by atoms with Crippen LogP contribution in [0.25, 0.3) is 0 Å². The van der Waals surface area contributed by atoms with Gasteiger partial charge in [0.15, 0.2) is 11.5 Å². The molecule has 0 aliphatic rings. The SMILES string of the molecule is CCOc1ccc(/C=N/NC(=O)CN(Cc2ccccc2Cl)S(=O)(=O)c2ccc(Br)cc2)cc1OC. The van der Waals surface area contributed by atoms with Crippen molar-refractivity contribution in [2.75, 3.05) is 20.3 Å². The van der Waals surface area contributed by atoms with Crippen molar-refractivity contribution >= 4 is 49.7 Å². The molecule has 0 saturated heterocycles. The maximum Gasteiger partial charge on any atom is 0.255 e. The Kier molecular flexibility index (Phi) is 9.89. The lowest BCUT2D eigenvalue weighted by Crippen LogP contribution is -2.39. The normalized spacial score (nSPS) is 11.6. The van der Waals surface area contributed by atoms with E-state index in [1.807, 2.05) is 6.92 Å². The number of amides is 1. The Hall–Kier alpha value is -2.92. The number of rotatable bonds is 11. The summed E-state index contributed by atoms with van der Waals surface area (Å²) in [4.78, 5) is 12.7. The van der Waals surface area contributed by atoms with Crippen LogP contribution < -0.4 is 14.9 Å². The molecule has 0 fully saturated rings. The summed E-state index contributed by atoms with van der Waals surface area (Å²) in [6.07, 6.45) is 1.43. The number of nitrogens with zero attached hydrogens (tertiary/aromatic N) is 2. The van der Waals surface area contributed by atoms with Gasteiger partial charge in [0.25, 0.3) is 5.91 Å². The number of carbonyl (C=O) groups is 1. The van der Waals surface area contributed by atoms with Gasteiger partial charge in [-0.15, -0.1) is 0 Å². The fourth-order valence-corrected chi connectivity index (χ4v) is 5.05. The molecule has 0 bridgehead atoms. The Morgan fingerprint density at radius 2 is 1.83 bits per heavy atom. The minimum atomic E-state index is -4.01. The molecule has 8 nitrogen and oxygen atoms in total. The zero-order valence-corrected chi connectivity index (χ0v) is 22.8. The van der Waals surface area contributed by atoms with Crippen LogP contribution in [-0.4, -0.2) is 45.1 Å². The number of hydrogen-bond acceptors (Lipinski definition) is 6. The monoisotopic (exact) mass is 593 g/mol. The van der Waals surface area contributed by atoms with E-state index in [0.29, 0.717) is 34.3 Å². The van der Waals surface area contributed by atoms with Crippen molar-refractivity contribution in [2.45, 2.75) is 18.4 Å². The van der Waals surface area contributed by atoms with E-state index in [0.717, 1.165) is 8.78 Å². The third-order valence-electron chi connectivity index (χ3n) is 4.97. The average Bonchev–Trinajstić information content (AvgIpc) is 2.86. The van der Waals surface area contributed by atoms with E-state index in [-0.39, 0.29) is 11.4 Å². The average molecular weight is 595 g/mol. The van der Waals surface area contributed by atoms with Crippen LogP contribution in [0.4, 0.5) is 0 Å². The summed E-state index contributed by atoms with van der Waals surface area (Å²) in [5.41, 5.74) is 3.61. The number of benzene rings is 3. The number of halogens is 2. The predicted octanol–water partition coefficient (Wildman–Crippen LogP) is 4.85. The lowest BCUT2D eigenvalue weighted by Gasteiger charge is -2.22. The van der Waals surface area contributed by atoms with Crippen LogP contribution in [-0.2, 0) is 21.4 Å². The fourth-order valence-electron chi connectivity index (χ4n) is 3.21. The van der Waals surface area contributed by atoms with Crippen LogP contribution in [0.1, 0.15) is 18.1 Å². The highest BCUT2D eigenvalue weighted by molar-refractivity contribution is 9.10. The first-order valence-electron chi connectivity index (χ1n) is 10.9. The van der Waals surface area contributed by atoms with Crippen LogP contribution in [0.15, 0.2) is 81.2 Å². The zero-order valence-electron chi connectivity index (χ0n) is 19.6. The lowest BCUT2D eigenvalue weighted by molar-refractivity contribution is -0.121. The molecule has 36 heavy (non-hydrogen) atoms. The minimum absolute atomic E-state index is 0.0514. The summed E-state index contributed by atoms with van der Waals surface area (Å²) in [5.74, 6) is 0.505. The quantitative estimate of drug-likeness (QED) is 0.253. The maximum atomic E-state index is 13.4. The van der Waals surface area contributed by atoms with Crippen molar-refractivity contribution in [3.05, 3.63) is 87.4 Å². The molecule has 1 amide bonds. The molecular weight excluding hydrogens is 570 g/mol. The zero-order chi connectivity index (χ0) is 26.1. The smallest absolute Gasteiger partial charge is 0.255 e. The number of hydrazone groups is 1. The lowest BCUT2D eigenvalue weighted by atomic mass is 10.2. The second kappa shape index (κ2) is 12.9. The van der Waals surface area contributed by atoms with Gasteiger partial charge in [-0.2, -0.15) is 9.41 Å². The molecule has 3 aromatic carbocycles. The Bertz CT molecular complexity index is 1330. The van der Waals surface area contributed by atoms with Gasteiger partial charge in [-0.1, -0.05) is 45.7 Å². The highest BCUT2D eigenvalue weighted by atomic mass is 79.9. The molecule has 0 atom stereocenters. The van der Waals surface area contributed by atoms with Crippen LogP contribution in [0.2, 0.25) is 5.02 Å². The molecule has 1 N–H and O–H groups in total. The van der Waals surface area contributed by atoms with Gasteiger partial charge in [0, 0.05) is 16.0 Å². The summed E-state index contributed by atoms with van der Waals surface area (Å²) in [6, 6.07) is 18.3. The van der Waals surface area contributed by atoms with E-state index in [1.165, 1.54) is 25.5 Å². The first kappa shape index (κ1) is 27.7. The van der Waals surface area contributed by atoms with Gasteiger partial charge in [-0.25, -0.2) is 13.8 Å². The highest BCUT2D eigenvalue weighted by Gasteiger charge is 2.27.